The van der Waals surface area contributed by atoms with Crippen LogP contribution in [0.15, 0.2) is 11.6 Å². The summed E-state index contributed by atoms with van der Waals surface area (Å²) in [6.45, 7) is 0.570. The predicted octanol–water partition coefficient (Wildman–Crippen LogP) is 0.808. The summed E-state index contributed by atoms with van der Waals surface area (Å²) in [5.41, 5.74) is -0.290. The van der Waals surface area contributed by atoms with Crippen LogP contribution in [0.2, 0.25) is 0 Å². The Balaban J connectivity index is 2.46. The Labute approximate surface area is 61.1 Å². The number of halogens is 1. The van der Waals surface area contributed by atoms with Crippen LogP contribution in [0.5, 0.6) is 0 Å². The van der Waals surface area contributed by atoms with Gasteiger partial charge in [0.25, 0.3) is 0 Å². The van der Waals surface area contributed by atoms with Crippen LogP contribution in [0.1, 0.15) is 6.42 Å². The first-order valence-electron chi connectivity index (χ1n) is 3.08. The topological polar surface area (TPSA) is 29.1 Å². The van der Waals surface area contributed by atoms with Crippen molar-refractivity contribution in [3.63, 3.8) is 0 Å². The van der Waals surface area contributed by atoms with E-state index in [1.54, 1.807) is 0 Å². The molecule has 1 rings (SSSR count). The van der Waals surface area contributed by atoms with Crippen molar-refractivity contribution in [2.45, 2.75) is 6.42 Å². The molecule has 0 saturated carbocycles. The Morgan fingerprint density at radius 1 is 1.90 bits per heavy atom. The Kier molecular flexibility index (Phi) is 2.39. The number of nitrogens with one attached hydrogen (secondary N) is 1. The standard InChI is InChI=1S/C6H9FNOP/c7-5(10)1-4-2-6(9)8-3-4/h1,4H,2-3,10H2,(H,8,9)/b5-1+. The van der Waals surface area contributed by atoms with Crippen molar-refractivity contribution in [3.05, 3.63) is 11.6 Å². The summed E-state index contributed by atoms with van der Waals surface area (Å²) >= 11 is 0. The van der Waals surface area contributed by atoms with Gasteiger partial charge >= 0.3 is 0 Å². The van der Waals surface area contributed by atoms with E-state index in [9.17, 15) is 9.18 Å². The van der Waals surface area contributed by atoms with Gasteiger partial charge in [-0.05, 0) is 6.08 Å². The Bertz CT molecular complexity index is 177. The van der Waals surface area contributed by atoms with Gasteiger partial charge in [0.15, 0.2) is 0 Å². The Hall–Kier alpha value is -0.430. The third-order valence-electron chi connectivity index (χ3n) is 1.40. The first-order valence-corrected chi connectivity index (χ1v) is 3.65. The highest BCUT2D eigenvalue weighted by atomic mass is 31.0. The molecule has 0 aromatic heterocycles. The lowest BCUT2D eigenvalue weighted by atomic mass is 10.1. The molecular formula is C6H9FNOP. The van der Waals surface area contributed by atoms with Crippen molar-refractivity contribution in [2.24, 2.45) is 5.92 Å². The maximum atomic E-state index is 12.2. The first-order chi connectivity index (χ1) is 4.68. The third kappa shape index (κ3) is 2.07. The van der Waals surface area contributed by atoms with Gasteiger partial charge < -0.3 is 5.32 Å². The maximum absolute atomic E-state index is 12.2. The van der Waals surface area contributed by atoms with Gasteiger partial charge in [-0.15, -0.1) is 0 Å². The first kappa shape index (κ1) is 7.67. The molecule has 0 bridgehead atoms. The molecule has 56 valence electrons. The average molecular weight is 161 g/mol. The van der Waals surface area contributed by atoms with Crippen LogP contribution < -0.4 is 5.32 Å². The van der Waals surface area contributed by atoms with E-state index in [4.69, 9.17) is 0 Å². The van der Waals surface area contributed by atoms with Gasteiger partial charge in [0.2, 0.25) is 5.91 Å². The molecule has 1 fully saturated rings. The van der Waals surface area contributed by atoms with E-state index in [1.807, 2.05) is 9.24 Å². The third-order valence-corrected chi connectivity index (χ3v) is 1.60. The van der Waals surface area contributed by atoms with E-state index in [2.05, 4.69) is 5.32 Å². The Morgan fingerprint density at radius 2 is 2.60 bits per heavy atom. The van der Waals surface area contributed by atoms with Crippen LogP contribution in [0, 0.1) is 5.92 Å². The number of hydrogen-bond acceptors (Lipinski definition) is 1. The van der Waals surface area contributed by atoms with Crippen molar-refractivity contribution in [2.75, 3.05) is 6.54 Å². The highest BCUT2D eigenvalue weighted by Gasteiger charge is 2.19. The quantitative estimate of drug-likeness (QED) is 0.566. The molecule has 2 nitrogen and oxygen atoms in total. The van der Waals surface area contributed by atoms with Crippen molar-refractivity contribution >= 4 is 15.1 Å². The largest absolute Gasteiger partial charge is 0.355 e. The number of amides is 1. The fourth-order valence-corrected chi connectivity index (χ4v) is 1.24. The lowest BCUT2D eigenvalue weighted by Gasteiger charge is -1.95. The number of rotatable bonds is 1. The molecule has 2 atom stereocenters. The van der Waals surface area contributed by atoms with Crippen LogP contribution in [0.3, 0.4) is 0 Å². The van der Waals surface area contributed by atoms with E-state index in [0.29, 0.717) is 13.0 Å². The summed E-state index contributed by atoms with van der Waals surface area (Å²) < 4.78 is 12.2. The zero-order valence-corrected chi connectivity index (χ0v) is 6.59. The van der Waals surface area contributed by atoms with Gasteiger partial charge in [-0.2, -0.15) is 0 Å². The fraction of sp³-hybridized carbons (Fsp3) is 0.500. The second kappa shape index (κ2) is 3.11. The lowest BCUT2D eigenvalue weighted by molar-refractivity contribution is -0.119. The minimum absolute atomic E-state index is 0.00694. The van der Waals surface area contributed by atoms with Crippen molar-refractivity contribution in [1.29, 1.82) is 0 Å². The van der Waals surface area contributed by atoms with Gasteiger partial charge in [0.1, 0.15) is 5.57 Å². The van der Waals surface area contributed by atoms with Crippen LogP contribution in [0.25, 0.3) is 0 Å². The van der Waals surface area contributed by atoms with E-state index < -0.39 is 0 Å². The molecule has 1 aliphatic heterocycles. The van der Waals surface area contributed by atoms with E-state index in [1.165, 1.54) is 6.08 Å². The minimum atomic E-state index is -0.290. The Morgan fingerprint density at radius 3 is 3.00 bits per heavy atom. The van der Waals surface area contributed by atoms with Crippen LogP contribution in [-0.2, 0) is 4.79 Å². The zero-order valence-electron chi connectivity index (χ0n) is 5.43. The molecule has 0 radical (unpaired) electrons. The van der Waals surface area contributed by atoms with Crippen molar-refractivity contribution < 1.29 is 9.18 Å². The molecule has 0 aromatic carbocycles. The molecular weight excluding hydrogens is 152 g/mol. The van der Waals surface area contributed by atoms with Gasteiger partial charge in [-0.3, -0.25) is 4.79 Å². The molecule has 0 aromatic rings. The van der Waals surface area contributed by atoms with Gasteiger partial charge in [0.05, 0.1) is 0 Å². The van der Waals surface area contributed by atoms with E-state index in [0.717, 1.165) is 0 Å². The predicted molar refractivity (Wildman–Crippen MR) is 40.0 cm³/mol. The molecule has 1 heterocycles. The van der Waals surface area contributed by atoms with E-state index in [-0.39, 0.29) is 17.4 Å². The fourth-order valence-electron chi connectivity index (χ4n) is 0.970. The van der Waals surface area contributed by atoms with Crippen molar-refractivity contribution in [1.82, 2.24) is 5.32 Å². The number of carbonyl (C=O) groups excluding carboxylic acids is 1. The second-order valence-electron chi connectivity index (χ2n) is 2.32. The molecule has 1 saturated heterocycles. The summed E-state index contributed by atoms with van der Waals surface area (Å²) in [6, 6.07) is 0. The second-order valence-corrected chi connectivity index (χ2v) is 2.87. The number of carbonyl (C=O) groups is 1. The summed E-state index contributed by atoms with van der Waals surface area (Å²) in [5.74, 6) is 0.0532. The molecule has 2 unspecified atom stereocenters. The number of hydrogen-bond donors (Lipinski definition) is 1. The lowest BCUT2D eigenvalue weighted by Crippen LogP contribution is -2.13. The zero-order chi connectivity index (χ0) is 7.56. The van der Waals surface area contributed by atoms with Gasteiger partial charge in [-0.25, -0.2) is 4.39 Å². The molecule has 1 N–H and O–H groups in total. The molecule has 1 aliphatic rings. The van der Waals surface area contributed by atoms with Crippen LogP contribution >= 0.6 is 9.24 Å². The highest BCUT2D eigenvalue weighted by molar-refractivity contribution is 7.21. The maximum Gasteiger partial charge on any atom is 0.220 e. The van der Waals surface area contributed by atoms with Crippen LogP contribution in [0.4, 0.5) is 4.39 Å². The molecule has 4 heteroatoms. The summed E-state index contributed by atoms with van der Waals surface area (Å²) in [4.78, 5) is 10.6. The van der Waals surface area contributed by atoms with Gasteiger partial charge in [-0.1, -0.05) is 9.24 Å². The molecule has 0 aliphatic carbocycles. The SMILES string of the molecule is O=C1CC(/C=C(\F)P)CN1. The van der Waals surface area contributed by atoms with Crippen molar-refractivity contribution in [3.8, 4) is 0 Å². The summed E-state index contributed by atoms with van der Waals surface area (Å²) in [7, 11) is 1.96. The van der Waals surface area contributed by atoms with Gasteiger partial charge in [0, 0.05) is 18.9 Å². The molecule has 0 spiro atoms. The van der Waals surface area contributed by atoms with E-state index >= 15 is 0 Å². The monoisotopic (exact) mass is 161 g/mol. The summed E-state index contributed by atoms with van der Waals surface area (Å²) in [5, 5.41) is 2.62. The summed E-state index contributed by atoms with van der Waals surface area (Å²) in [6.07, 6.45) is 1.87. The van der Waals surface area contributed by atoms with Crippen LogP contribution in [-0.4, -0.2) is 12.5 Å². The molecule has 1 amide bonds. The highest BCUT2D eigenvalue weighted by Crippen LogP contribution is 2.16. The normalized spacial score (nSPS) is 26.8. The molecule has 10 heavy (non-hydrogen) atoms. The smallest absolute Gasteiger partial charge is 0.220 e. The average Bonchev–Trinajstić information content (AvgIpc) is 2.13. The minimum Gasteiger partial charge on any atom is -0.355 e.